The first kappa shape index (κ1) is 9.25. The van der Waals surface area contributed by atoms with E-state index in [0.717, 1.165) is 0 Å². The van der Waals surface area contributed by atoms with Crippen LogP contribution in [0.1, 0.15) is 11.9 Å². The van der Waals surface area contributed by atoms with Crippen LogP contribution in [0, 0.1) is 0 Å². The van der Waals surface area contributed by atoms with Crippen LogP contribution in [-0.4, -0.2) is 30.0 Å². The van der Waals surface area contributed by atoms with Gasteiger partial charge in [-0.1, -0.05) is 0 Å². The van der Waals surface area contributed by atoms with E-state index in [1.165, 1.54) is 6.26 Å². The number of ether oxygens (including phenoxy) is 1. The fourth-order valence-electron chi connectivity index (χ4n) is 0.823. The van der Waals surface area contributed by atoms with Gasteiger partial charge in [0.15, 0.2) is 0 Å². The van der Waals surface area contributed by atoms with E-state index in [1.54, 1.807) is 12.1 Å². The molecule has 0 fully saturated rings. The maximum absolute atomic E-state index is 9.34. The summed E-state index contributed by atoms with van der Waals surface area (Å²) < 4.78 is 9.84. The first-order chi connectivity index (χ1) is 5.84. The quantitative estimate of drug-likeness (QED) is 0.628. The molecular weight excluding hydrogens is 160 g/mol. The summed E-state index contributed by atoms with van der Waals surface area (Å²) in [6.45, 7) is 0.344. The van der Waals surface area contributed by atoms with E-state index in [9.17, 15) is 5.11 Å². The van der Waals surface area contributed by atoms with Crippen molar-refractivity contribution in [3.05, 3.63) is 24.2 Å². The lowest BCUT2D eigenvalue weighted by molar-refractivity contribution is 0.0116. The van der Waals surface area contributed by atoms with Gasteiger partial charge in [-0.05, 0) is 12.1 Å². The number of rotatable bonds is 5. The molecule has 1 rings (SSSR count). The monoisotopic (exact) mass is 172 g/mol. The van der Waals surface area contributed by atoms with Crippen molar-refractivity contribution < 1.29 is 19.4 Å². The molecule has 0 aliphatic heterocycles. The van der Waals surface area contributed by atoms with Crippen molar-refractivity contribution in [2.75, 3.05) is 19.8 Å². The maximum Gasteiger partial charge on any atom is 0.135 e. The summed E-state index contributed by atoms with van der Waals surface area (Å²) >= 11 is 0. The Kier molecular flexibility index (Phi) is 3.79. The topological polar surface area (TPSA) is 62.8 Å². The van der Waals surface area contributed by atoms with Crippen molar-refractivity contribution in [2.24, 2.45) is 0 Å². The molecule has 1 aromatic rings. The summed E-state index contributed by atoms with van der Waals surface area (Å²) in [4.78, 5) is 0. The summed E-state index contributed by atoms with van der Waals surface area (Å²) in [5.74, 6) is 0.480. The molecule has 68 valence electrons. The molecule has 1 unspecified atom stereocenters. The van der Waals surface area contributed by atoms with Crippen LogP contribution in [0.15, 0.2) is 22.8 Å². The Labute approximate surface area is 70.4 Å². The minimum Gasteiger partial charge on any atom is -0.467 e. The Bertz CT molecular complexity index is 195. The zero-order valence-electron chi connectivity index (χ0n) is 6.64. The van der Waals surface area contributed by atoms with Gasteiger partial charge in [0.1, 0.15) is 11.9 Å². The van der Waals surface area contributed by atoms with Gasteiger partial charge < -0.3 is 19.4 Å². The van der Waals surface area contributed by atoms with Gasteiger partial charge in [-0.3, -0.25) is 0 Å². The Morgan fingerprint density at radius 3 is 3.00 bits per heavy atom. The molecule has 0 aliphatic carbocycles. The van der Waals surface area contributed by atoms with Gasteiger partial charge in [0.2, 0.25) is 0 Å². The predicted octanol–water partition coefficient (Wildman–Crippen LogP) is 0.322. The van der Waals surface area contributed by atoms with Crippen molar-refractivity contribution in [3.63, 3.8) is 0 Å². The van der Waals surface area contributed by atoms with Crippen molar-refractivity contribution in [2.45, 2.75) is 6.10 Å². The second-order valence-electron chi connectivity index (χ2n) is 2.33. The predicted molar refractivity (Wildman–Crippen MR) is 41.6 cm³/mol. The molecule has 2 N–H and O–H groups in total. The molecule has 0 saturated heterocycles. The second kappa shape index (κ2) is 4.92. The number of furan rings is 1. The fourth-order valence-corrected chi connectivity index (χ4v) is 0.823. The zero-order valence-corrected chi connectivity index (χ0v) is 6.64. The molecule has 0 saturated carbocycles. The molecule has 1 aromatic heterocycles. The summed E-state index contributed by atoms with van der Waals surface area (Å²) in [5.41, 5.74) is 0. The van der Waals surface area contributed by atoms with Crippen LogP contribution in [0.25, 0.3) is 0 Å². The molecule has 0 amide bonds. The van der Waals surface area contributed by atoms with Crippen LogP contribution in [0.5, 0.6) is 0 Å². The van der Waals surface area contributed by atoms with E-state index in [2.05, 4.69) is 0 Å². The van der Waals surface area contributed by atoms with Crippen LogP contribution in [0.4, 0.5) is 0 Å². The Hall–Kier alpha value is -0.840. The molecule has 1 atom stereocenters. The highest BCUT2D eigenvalue weighted by Crippen LogP contribution is 2.12. The molecule has 0 aromatic carbocycles. The van der Waals surface area contributed by atoms with Crippen LogP contribution in [-0.2, 0) is 4.74 Å². The zero-order chi connectivity index (χ0) is 8.81. The van der Waals surface area contributed by atoms with E-state index >= 15 is 0 Å². The lowest BCUT2D eigenvalue weighted by Gasteiger charge is -2.06. The molecule has 0 spiro atoms. The second-order valence-corrected chi connectivity index (χ2v) is 2.33. The number of hydrogen-bond donors (Lipinski definition) is 2. The number of aliphatic hydroxyl groups excluding tert-OH is 2. The van der Waals surface area contributed by atoms with E-state index < -0.39 is 6.10 Å². The van der Waals surface area contributed by atoms with Crippen molar-refractivity contribution in [1.29, 1.82) is 0 Å². The lowest BCUT2D eigenvalue weighted by atomic mass is 10.3. The Balaban J connectivity index is 2.25. The normalized spacial score (nSPS) is 13.2. The largest absolute Gasteiger partial charge is 0.467 e. The van der Waals surface area contributed by atoms with E-state index in [1.807, 2.05) is 0 Å². The van der Waals surface area contributed by atoms with Gasteiger partial charge in [0, 0.05) is 0 Å². The van der Waals surface area contributed by atoms with Gasteiger partial charge in [0.25, 0.3) is 0 Å². The highest BCUT2D eigenvalue weighted by atomic mass is 16.5. The van der Waals surface area contributed by atoms with Crippen LogP contribution in [0.2, 0.25) is 0 Å². The molecule has 1 heterocycles. The summed E-state index contributed by atoms with van der Waals surface area (Å²) in [6.07, 6.45) is 0.747. The number of hydrogen-bond acceptors (Lipinski definition) is 4. The molecule has 0 aliphatic rings. The summed E-state index contributed by atoms with van der Waals surface area (Å²) in [6, 6.07) is 3.37. The smallest absolute Gasteiger partial charge is 0.135 e. The first-order valence-electron chi connectivity index (χ1n) is 3.74. The summed E-state index contributed by atoms with van der Waals surface area (Å²) in [7, 11) is 0. The van der Waals surface area contributed by atoms with Gasteiger partial charge in [0.05, 0.1) is 26.1 Å². The summed E-state index contributed by atoms with van der Waals surface area (Å²) in [5, 5.41) is 17.7. The van der Waals surface area contributed by atoms with E-state index in [4.69, 9.17) is 14.3 Å². The molecule has 4 nitrogen and oxygen atoms in total. The first-order valence-corrected chi connectivity index (χ1v) is 3.74. The highest BCUT2D eigenvalue weighted by Gasteiger charge is 2.09. The van der Waals surface area contributed by atoms with Gasteiger partial charge in [-0.2, -0.15) is 0 Å². The molecule has 0 bridgehead atoms. The fraction of sp³-hybridized carbons (Fsp3) is 0.500. The van der Waals surface area contributed by atoms with Crippen LogP contribution in [0.3, 0.4) is 0 Å². The lowest BCUT2D eigenvalue weighted by Crippen LogP contribution is -2.08. The maximum atomic E-state index is 9.34. The van der Waals surface area contributed by atoms with E-state index in [-0.39, 0.29) is 19.8 Å². The van der Waals surface area contributed by atoms with E-state index in [0.29, 0.717) is 5.76 Å². The minimum atomic E-state index is -0.744. The van der Waals surface area contributed by atoms with Crippen molar-refractivity contribution >= 4 is 0 Å². The molecule has 12 heavy (non-hydrogen) atoms. The van der Waals surface area contributed by atoms with Crippen molar-refractivity contribution in [1.82, 2.24) is 0 Å². The van der Waals surface area contributed by atoms with Crippen LogP contribution >= 0.6 is 0 Å². The third-order valence-corrected chi connectivity index (χ3v) is 1.38. The minimum absolute atomic E-state index is 0.0368. The highest BCUT2D eigenvalue weighted by molar-refractivity contribution is 5.01. The average Bonchev–Trinajstić information content (AvgIpc) is 2.56. The Morgan fingerprint density at radius 2 is 2.42 bits per heavy atom. The Morgan fingerprint density at radius 1 is 1.58 bits per heavy atom. The van der Waals surface area contributed by atoms with Crippen LogP contribution < -0.4 is 0 Å². The average molecular weight is 172 g/mol. The van der Waals surface area contributed by atoms with Gasteiger partial charge in [-0.15, -0.1) is 0 Å². The van der Waals surface area contributed by atoms with Gasteiger partial charge in [-0.25, -0.2) is 0 Å². The SMILES string of the molecule is OCCOCC(O)c1ccco1. The molecular formula is C8H12O4. The van der Waals surface area contributed by atoms with Crippen molar-refractivity contribution in [3.8, 4) is 0 Å². The van der Waals surface area contributed by atoms with Gasteiger partial charge >= 0.3 is 0 Å². The molecule has 0 radical (unpaired) electrons. The standard InChI is InChI=1S/C8H12O4/c9-3-5-11-6-7(10)8-2-1-4-12-8/h1-2,4,7,9-10H,3,5-6H2. The third-order valence-electron chi connectivity index (χ3n) is 1.38. The number of aliphatic hydroxyl groups is 2. The third kappa shape index (κ3) is 2.65. The molecule has 4 heteroatoms.